The Balaban J connectivity index is 2.02. The normalized spacial score (nSPS) is 11.3. The third kappa shape index (κ3) is 4.76. The maximum atomic E-state index is 12.5. The largest absolute Gasteiger partial charge is 0.465 e. The highest BCUT2D eigenvalue weighted by Gasteiger charge is 2.30. The molecule has 10 heteroatoms. The lowest BCUT2D eigenvalue weighted by atomic mass is 10.1. The van der Waals surface area contributed by atoms with Crippen LogP contribution in [0, 0.1) is 13.8 Å². The summed E-state index contributed by atoms with van der Waals surface area (Å²) in [6.07, 6.45) is -3.73. The number of rotatable bonds is 5. The number of methoxy groups -OCH3 is 1. The lowest BCUT2D eigenvalue weighted by Crippen LogP contribution is -2.16. The quantitative estimate of drug-likeness (QED) is 0.595. The van der Waals surface area contributed by atoms with Gasteiger partial charge in [-0.2, -0.15) is 13.2 Å². The molecule has 0 unspecified atom stereocenters. The van der Waals surface area contributed by atoms with Gasteiger partial charge in [-0.1, -0.05) is 11.8 Å². The molecule has 0 aliphatic rings. The minimum Gasteiger partial charge on any atom is -0.465 e. The molecule has 5 nitrogen and oxygen atoms in total. The molecule has 0 aliphatic heterocycles. The van der Waals surface area contributed by atoms with Gasteiger partial charge in [0, 0.05) is 11.1 Å². The SMILES string of the molecule is COC(=O)c1c(NC(=O)CSc2ccc(C(F)(F)F)cn2)sc(C)c1C. The molecule has 2 aromatic rings. The summed E-state index contributed by atoms with van der Waals surface area (Å²) in [5.74, 6) is -1.00. The van der Waals surface area contributed by atoms with Crippen LogP contribution in [0.3, 0.4) is 0 Å². The van der Waals surface area contributed by atoms with E-state index in [0.717, 1.165) is 34.5 Å². The number of thioether (sulfide) groups is 1. The zero-order valence-corrected chi connectivity index (χ0v) is 15.7. The summed E-state index contributed by atoms with van der Waals surface area (Å²) in [5.41, 5.74) is 0.189. The summed E-state index contributed by atoms with van der Waals surface area (Å²) in [4.78, 5) is 28.5. The van der Waals surface area contributed by atoms with Gasteiger partial charge in [0.05, 0.1) is 29.0 Å². The van der Waals surface area contributed by atoms with Crippen LogP contribution in [0.25, 0.3) is 0 Å². The number of amides is 1. The lowest BCUT2D eigenvalue weighted by Gasteiger charge is -2.07. The standard InChI is InChI=1S/C16H15F3N2O3S2/c1-8-9(2)26-14(13(8)15(23)24-3)21-11(22)7-25-12-5-4-10(6-20-12)16(17,18)19/h4-6H,7H2,1-3H3,(H,21,22). The highest BCUT2D eigenvalue weighted by atomic mass is 32.2. The average molecular weight is 404 g/mol. The van der Waals surface area contributed by atoms with Crippen molar-refractivity contribution < 1.29 is 27.5 Å². The molecule has 1 N–H and O–H groups in total. The van der Waals surface area contributed by atoms with Crippen LogP contribution in [0.5, 0.6) is 0 Å². The van der Waals surface area contributed by atoms with Gasteiger partial charge in [-0.3, -0.25) is 4.79 Å². The van der Waals surface area contributed by atoms with Gasteiger partial charge in [-0.05, 0) is 31.5 Å². The van der Waals surface area contributed by atoms with E-state index in [1.807, 2.05) is 6.92 Å². The van der Waals surface area contributed by atoms with Crippen molar-refractivity contribution in [1.29, 1.82) is 0 Å². The average Bonchev–Trinajstić information content (AvgIpc) is 2.86. The summed E-state index contributed by atoms with van der Waals surface area (Å²) in [7, 11) is 1.26. The van der Waals surface area contributed by atoms with Gasteiger partial charge in [0.1, 0.15) is 5.00 Å². The molecular weight excluding hydrogens is 389 g/mol. The summed E-state index contributed by atoms with van der Waals surface area (Å²) < 4.78 is 42.2. The molecule has 0 atom stereocenters. The second kappa shape index (κ2) is 8.09. The lowest BCUT2D eigenvalue weighted by molar-refractivity contribution is -0.137. The van der Waals surface area contributed by atoms with E-state index in [4.69, 9.17) is 4.74 Å². The molecule has 0 saturated carbocycles. The van der Waals surface area contributed by atoms with Crippen molar-refractivity contribution >= 4 is 40.0 Å². The Morgan fingerprint density at radius 2 is 2.00 bits per heavy atom. The molecule has 0 radical (unpaired) electrons. The van der Waals surface area contributed by atoms with Crippen molar-refractivity contribution in [3.05, 3.63) is 39.9 Å². The minimum atomic E-state index is -4.45. The number of pyridine rings is 1. The molecule has 140 valence electrons. The van der Waals surface area contributed by atoms with Crippen LogP contribution in [-0.2, 0) is 15.7 Å². The van der Waals surface area contributed by atoms with Gasteiger partial charge in [-0.25, -0.2) is 9.78 Å². The van der Waals surface area contributed by atoms with E-state index >= 15 is 0 Å². The number of hydrogen-bond donors (Lipinski definition) is 1. The van der Waals surface area contributed by atoms with Gasteiger partial charge < -0.3 is 10.1 Å². The number of thiophene rings is 1. The highest BCUT2D eigenvalue weighted by molar-refractivity contribution is 7.99. The van der Waals surface area contributed by atoms with E-state index in [-0.39, 0.29) is 5.75 Å². The number of ether oxygens (including phenoxy) is 1. The van der Waals surface area contributed by atoms with Gasteiger partial charge in [0.2, 0.25) is 5.91 Å². The first-order valence-corrected chi connectivity index (χ1v) is 9.08. The number of esters is 1. The van der Waals surface area contributed by atoms with Crippen LogP contribution in [-0.4, -0.2) is 29.7 Å². The van der Waals surface area contributed by atoms with Gasteiger partial charge >= 0.3 is 12.1 Å². The molecule has 0 fully saturated rings. The molecular formula is C16H15F3N2O3S2. The van der Waals surface area contributed by atoms with E-state index < -0.39 is 23.6 Å². The summed E-state index contributed by atoms with van der Waals surface area (Å²) in [6.45, 7) is 3.58. The first kappa shape index (κ1) is 20.2. The van der Waals surface area contributed by atoms with Gasteiger partial charge in [0.25, 0.3) is 0 Å². The van der Waals surface area contributed by atoms with Crippen molar-refractivity contribution in [2.24, 2.45) is 0 Å². The van der Waals surface area contributed by atoms with E-state index in [9.17, 15) is 22.8 Å². The number of halogens is 3. The van der Waals surface area contributed by atoms with Crippen LogP contribution < -0.4 is 5.32 Å². The number of nitrogens with zero attached hydrogens (tertiary/aromatic N) is 1. The first-order chi connectivity index (χ1) is 12.1. The maximum Gasteiger partial charge on any atom is 0.417 e. The maximum absolute atomic E-state index is 12.5. The number of nitrogens with one attached hydrogen (secondary N) is 1. The summed E-state index contributed by atoms with van der Waals surface area (Å²) >= 11 is 2.25. The van der Waals surface area contributed by atoms with Crippen LogP contribution in [0.1, 0.15) is 26.4 Å². The van der Waals surface area contributed by atoms with E-state index in [1.165, 1.54) is 24.5 Å². The number of alkyl halides is 3. The number of aryl methyl sites for hydroxylation is 1. The molecule has 2 heterocycles. The Labute approximate surface area is 156 Å². The third-order valence-corrected chi connectivity index (χ3v) is 5.51. The third-order valence-electron chi connectivity index (χ3n) is 3.44. The fourth-order valence-corrected chi connectivity index (χ4v) is 3.71. The molecule has 1 amide bonds. The van der Waals surface area contributed by atoms with Crippen molar-refractivity contribution in [3.63, 3.8) is 0 Å². The van der Waals surface area contributed by atoms with Crippen molar-refractivity contribution in [1.82, 2.24) is 4.98 Å². The number of carbonyl (C=O) groups excluding carboxylic acids is 2. The van der Waals surface area contributed by atoms with Crippen LogP contribution in [0.15, 0.2) is 23.4 Å². The highest BCUT2D eigenvalue weighted by Crippen LogP contribution is 2.33. The molecule has 0 spiro atoms. The van der Waals surface area contributed by atoms with E-state index in [2.05, 4.69) is 10.3 Å². The minimum absolute atomic E-state index is 0.0605. The molecule has 0 aromatic carbocycles. The number of hydrogen-bond acceptors (Lipinski definition) is 6. The number of anilines is 1. The Morgan fingerprint density at radius 1 is 1.31 bits per heavy atom. The fourth-order valence-electron chi connectivity index (χ4n) is 2.00. The smallest absolute Gasteiger partial charge is 0.417 e. The zero-order chi connectivity index (χ0) is 19.5. The van der Waals surface area contributed by atoms with Crippen LogP contribution >= 0.6 is 23.1 Å². The fraction of sp³-hybridized carbons (Fsp3) is 0.312. The van der Waals surface area contributed by atoms with Crippen molar-refractivity contribution in [2.75, 3.05) is 18.2 Å². The topological polar surface area (TPSA) is 68.3 Å². The molecule has 0 bridgehead atoms. The molecule has 26 heavy (non-hydrogen) atoms. The predicted octanol–water partition coefficient (Wildman–Crippen LogP) is 4.30. The molecule has 2 aromatic heterocycles. The van der Waals surface area contributed by atoms with E-state index in [1.54, 1.807) is 6.92 Å². The van der Waals surface area contributed by atoms with Crippen LogP contribution in [0.4, 0.5) is 18.2 Å². The van der Waals surface area contributed by atoms with Crippen molar-refractivity contribution in [3.8, 4) is 0 Å². The van der Waals surface area contributed by atoms with Gasteiger partial charge in [-0.15, -0.1) is 11.3 Å². The number of aromatic nitrogens is 1. The van der Waals surface area contributed by atoms with Crippen molar-refractivity contribution in [2.45, 2.75) is 25.0 Å². The second-order valence-corrected chi connectivity index (χ2v) is 7.42. The Kier molecular flexibility index (Phi) is 6.30. The Bertz CT molecular complexity index is 817. The molecule has 0 aliphatic carbocycles. The summed E-state index contributed by atoms with van der Waals surface area (Å²) in [6, 6.07) is 2.12. The first-order valence-electron chi connectivity index (χ1n) is 7.27. The monoisotopic (exact) mass is 404 g/mol. The zero-order valence-electron chi connectivity index (χ0n) is 14.1. The van der Waals surface area contributed by atoms with Gasteiger partial charge in [0.15, 0.2) is 0 Å². The van der Waals surface area contributed by atoms with Crippen LogP contribution in [0.2, 0.25) is 0 Å². The number of carbonyl (C=O) groups is 2. The Hall–Kier alpha value is -2.07. The van der Waals surface area contributed by atoms with E-state index in [0.29, 0.717) is 15.6 Å². The summed E-state index contributed by atoms with van der Waals surface area (Å²) in [5, 5.41) is 3.32. The predicted molar refractivity (Wildman–Crippen MR) is 93.7 cm³/mol. The second-order valence-electron chi connectivity index (χ2n) is 5.20. The molecule has 2 rings (SSSR count). The Morgan fingerprint density at radius 3 is 2.54 bits per heavy atom. The molecule has 0 saturated heterocycles.